The molecule has 5 nitrogen and oxygen atoms in total. The maximum Gasteiger partial charge on any atom is 0.355 e. The van der Waals surface area contributed by atoms with Crippen molar-refractivity contribution in [1.82, 2.24) is 9.97 Å². The van der Waals surface area contributed by atoms with Gasteiger partial charge in [-0.15, -0.1) is 0 Å². The van der Waals surface area contributed by atoms with E-state index in [-0.39, 0.29) is 17.0 Å². The zero-order chi connectivity index (χ0) is 16.5. The highest BCUT2D eigenvalue weighted by atomic mass is 16.4. The lowest BCUT2D eigenvalue weighted by Gasteiger charge is -2.17. The molecule has 0 aliphatic heterocycles. The first kappa shape index (κ1) is 15.8. The molecule has 0 fully saturated rings. The van der Waals surface area contributed by atoms with Gasteiger partial charge in [-0.3, -0.25) is 4.79 Å². The smallest absolute Gasteiger partial charge is 0.355 e. The third-order valence-corrected chi connectivity index (χ3v) is 3.19. The fourth-order valence-corrected chi connectivity index (χ4v) is 2.04. The Morgan fingerprint density at radius 3 is 2.41 bits per heavy atom. The summed E-state index contributed by atoms with van der Waals surface area (Å²) in [6, 6.07) is 7.45. The van der Waals surface area contributed by atoms with E-state index in [1.165, 1.54) is 6.20 Å². The van der Waals surface area contributed by atoms with Gasteiger partial charge >= 0.3 is 5.97 Å². The molecule has 22 heavy (non-hydrogen) atoms. The first-order valence-corrected chi connectivity index (χ1v) is 6.92. The molecule has 1 N–H and O–H groups in total. The molecular weight excluding hydrogens is 280 g/mol. The number of aromatic carboxylic acids is 1. The lowest BCUT2D eigenvalue weighted by Crippen LogP contribution is -2.24. The molecule has 2 rings (SSSR count). The molecule has 0 unspecified atom stereocenters. The van der Waals surface area contributed by atoms with Crippen LogP contribution in [0.4, 0.5) is 0 Å². The van der Waals surface area contributed by atoms with Crippen LogP contribution in [0, 0.1) is 12.3 Å². The van der Waals surface area contributed by atoms with Crippen molar-refractivity contribution in [3.8, 4) is 11.4 Å². The quantitative estimate of drug-likeness (QED) is 0.879. The van der Waals surface area contributed by atoms with E-state index in [0.29, 0.717) is 5.82 Å². The third-order valence-electron chi connectivity index (χ3n) is 3.19. The minimum Gasteiger partial charge on any atom is -0.476 e. The second-order valence-corrected chi connectivity index (χ2v) is 6.21. The molecule has 1 heterocycles. The molecule has 1 aromatic carbocycles. The molecule has 0 bridgehead atoms. The molecular formula is C17H18N2O3. The van der Waals surface area contributed by atoms with E-state index < -0.39 is 11.4 Å². The summed E-state index contributed by atoms with van der Waals surface area (Å²) in [4.78, 5) is 32.1. The summed E-state index contributed by atoms with van der Waals surface area (Å²) in [7, 11) is 0. The van der Waals surface area contributed by atoms with Crippen molar-refractivity contribution < 1.29 is 14.7 Å². The highest BCUT2D eigenvalue weighted by Gasteiger charge is 2.28. The van der Waals surface area contributed by atoms with Crippen molar-refractivity contribution in [3.05, 3.63) is 47.3 Å². The lowest BCUT2D eigenvalue weighted by atomic mass is 9.86. The second kappa shape index (κ2) is 5.67. The first-order valence-electron chi connectivity index (χ1n) is 6.92. The number of carbonyl (C=O) groups is 2. The van der Waals surface area contributed by atoms with Gasteiger partial charge in [0.25, 0.3) is 0 Å². The maximum absolute atomic E-state index is 12.4. The van der Waals surface area contributed by atoms with E-state index >= 15 is 0 Å². The zero-order valence-electron chi connectivity index (χ0n) is 13.0. The van der Waals surface area contributed by atoms with Gasteiger partial charge in [-0.2, -0.15) is 0 Å². The summed E-state index contributed by atoms with van der Waals surface area (Å²) < 4.78 is 0. The molecule has 0 radical (unpaired) electrons. The molecule has 114 valence electrons. The number of hydrogen-bond acceptors (Lipinski definition) is 4. The molecule has 5 heteroatoms. The van der Waals surface area contributed by atoms with Gasteiger partial charge in [-0.05, 0) is 13.0 Å². The van der Waals surface area contributed by atoms with Crippen molar-refractivity contribution in [2.75, 3.05) is 0 Å². The van der Waals surface area contributed by atoms with Crippen LogP contribution in [-0.2, 0) is 0 Å². The number of carbonyl (C=O) groups excluding carboxylic acids is 1. The molecule has 0 aliphatic rings. The van der Waals surface area contributed by atoms with Gasteiger partial charge in [-0.25, -0.2) is 14.8 Å². The van der Waals surface area contributed by atoms with Crippen LogP contribution < -0.4 is 0 Å². The Balaban J connectivity index is 2.57. The molecule has 1 aromatic heterocycles. The number of Topliss-reactive ketones (excluding diaryl/α,β-unsaturated/α-hetero) is 1. The molecule has 0 amide bonds. The number of ketones is 1. The Hall–Kier alpha value is -2.56. The van der Waals surface area contributed by atoms with Crippen LogP contribution in [0.3, 0.4) is 0 Å². The summed E-state index contributed by atoms with van der Waals surface area (Å²) in [5, 5.41) is 9.36. The van der Waals surface area contributed by atoms with Crippen LogP contribution in [0.5, 0.6) is 0 Å². The topological polar surface area (TPSA) is 80.2 Å². The van der Waals surface area contributed by atoms with E-state index in [1.807, 2.05) is 25.1 Å². The lowest BCUT2D eigenvalue weighted by molar-refractivity contribution is 0.0680. The van der Waals surface area contributed by atoms with Gasteiger partial charge in [0.1, 0.15) is 0 Å². The fraction of sp³-hybridized carbons (Fsp3) is 0.294. The molecule has 2 aromatic rings. The SMILES string of the molecule is Cc1cccc(-c2ncc(C(=O)C(C)(C)C)c(C(=O)O)n2)c1. The van der Waals surface area contributed by atoms with E-state index in [2.05, 4.69) is 9.97 Å². The number of hydrogen-bond donors (Lipinski definition) is 1. The number of nitrogens with zero attached hydrogens (tertiary/aromatic N) is 2. The minimum atomic E-state index is -1.23. The van der Waals surface area contributed by atoms with Crippen LogP contribution >= 0.6 is 0 Å². The van der Waals surface area contributed by atoms with Gasteiger partial charge in [0.05, 0.1) is 5.56 Å². The summed E-state index contributed by atoms with van der Waals surface area (Å²) in [6.07, 6.45) is 1.31. The largest absolute Gasteiger partial charge is 0.476 e. The van der Waals surface area contributed by atoms with Gasteiger partial charge in [0.15, 0.2) is 17.3 Å². The maximum atomic E-state index is 12.4. The molecule has 0 saturated heterocycles. The number of carboxylic acid groups (broad SMARTS) is 1. The summed E-state index contributed by atoms with van der Waals surface area (Å²) in [5.74, 6) is -1.23. The van der Waals surface area contributed by atoms with Crippen LogP contribution in [0.25, 0.3) is 11.4 Å². The van der Waals surface area contributed by atoms with E-state index in [9.17, 15) is 14.7 Å². The normalized spacial score (nSPS) is 11.3. The standard InChI is InChI=1S/C17H18N2O3/c1-10-6-5-7-11(8-10)15-18-9-12(13(19-15)16(21)22)14(20)17(2,3)4/h5-9H,1-4H3,(H,21,22). The van der Waals surface area contributed by atoms with Crippen molar-refractivity contribution in [2.45, 2.75) is 27.7 Å². The predicted molar refractivity (Wildman–Crippen MR) is 82.9 cm³/mol. The zero-order valence-corrected chi connectivity index (χ0v) is 13.0. The number of benzene rings is 1. The van der Waals surface area contributed by atoms with Gasteiger partial charge in [0.2, 0.25) is 0 Å². The van der Waals surface area contributed by atoms with E-state index in [4.69, 9.17) is 0 Å². The Bertz CT molecular complexity index is 746. The van der Waals surface area contributed by atoms with Crippen molar-refractivity contribution in [1.29, 1.82) is 0 Å². The average molecular weight is 298 g/mol. The third kappa shape index (κ3) is 3.19. The van der Waals surface area contributed by atoms with E-state index in [0.717, 1.165) is 11.1 Å². The van der Waals surface area contributed by atoms with Crippen LogP contribution in [0.15, 0.2) is 30.5 Å². The average Bonchev–Trinajstić information content (AvgIpc) is 2.44. The van der Waals surface area contributed by atoms with Gasteiger partial charge < -0.3 is 5.11 Å². The Morgan fingerprint density at radius 2 is 1.86 bits per heavy atom. The Labute approximate surface area is 129 Å². The first-order chi connectivity index (χ1) is 10.2. The number of aromatic nitrogens is 2. The Morgan fingerprint density at radius 1 is 1.18 bits per heavy atom. The summed E-state index contributed by atoms with van der Waals surface area (Å²) in [5.41, 5.74) is 0.825. The highest BCUT2D eigenvalue weighted by molar-refractivity contribution is 6.07. The number of aryl methyl sites for hydroxylation is 1. The summed E-state index contributed by atoms with van der Waals surface area (Å²) >= 11 is 0. The molecule has 0 aliphatic carbocycles. The second-order valence-electron chi connectivity index (χ2n) is 6.21. The minimum absolute atomic E-state index is 0.0383. The Kier molecular flexibility index (Phi) is 4.08. The van der Waals surface area contributed by atoms with Gasteiger partial charge in [-0.1, -0.05) is 44.5 Å². The molecule has 0 atom stereocenters. The van der Waals surface area contributed by atoms with Crippen molar-refractivity contribution >= 4 is 11.8 Å². The van der Waals surface area contributed by atoms with Crippen LogP contribution in [0.2, 0.25) is 0 Å². The fourth-order valence-electron chi connectivity index (χ4n) is 2.04. The predicted octanol–water partition coefficient (Wildman–Crippen LogP) is 3.38. The summed E-state index contributed by atoms with van der Waals surface area (Å²) in [6.45, 7) is 7.12. The van der Waals surface area contributed by atoms with Gasteiger partial charge in [0, 0.05) is 17.2 Å². The number of carboxylic acids is 1. The van der Waals surface area contributed by atoms with Crippen LogP contribution in [0.1, 0.15) is 47.2 Å². The van der Waals surface area contributed by atoms with Crippen LogP contribution in [-0.4, -0.2) is 26.8 Å². The molecule has 0 saturated carbocycles. The number of rotatable bonds is 3. The molecule has 0 spiro atoms. The van der Waals surface area contributed by atoms with Crippen molar-refractivity contribution in [3.63, 3.8) is 0 Å². The monoisotopic (exact) mass is 298 g/mol. The van der Waals surface area contributed by atoms with E-state index in [1.54, 1.807) is 26.8 Å². The van der Waals surface area contributed by atoms with Crippen molar-refractivity contribution in [2.24, 2.45) is 5.41 Å². The highest BCUT2D eigenvalue weighted by Crippen LogP contribution is 2.24.